The molecular weight excluding hydrogens is 809 g/mol. The van der Waals surface area contributed by atoms with Crippen LogP contribution in [-0.4, -0.2) is 0 Å². The zero-order valence-corrected chi connectivity index (χ0v) is 36.5. The van der Waals surface area contributed by atoms with Gasteiger partial charge in [-0.25, -0.2) is 0 Å². The molecule has 1 heterocycles. The molecule has 0 saturated carbocycles. The third kappa shape index (κ3) is 5.88. The lowest BCUT2D eigenvalue weighted by Gasteiger charge is -2.20. The maximum atomic E-state index is 6.30. The molecule has 0 amide bonds. The molecule has 0 unspecified atom stereocenters. The Balaban J connectivity index is 0.969. The summed E-state index contributed by atoms with van der Waals surface area (Å²) in [4.78, 5) is 0. The first kappa shape index (κ1) is 37.6. The molecule has 0 N–H and O–H groups in total. The molecule has 1 heteroatoms. The van der Waals surface area contributed by atoms with Crippen molar-refractivity contribution in [3.63, 3.8) is 0 Å². The molecule has 0 aliphatic carbocycles. The minimum Gasteiger partial charge on any atom is -0.456 e. The van der Waals surface area contributed by atoms with Crippen molar-refractivity contribution >= 4 is 75.8 Å². The van der Waals surface area contributed by atoms with Crippen LogP contribution < -0.4 is 0 Å². The Morgan fingerprint density at radius 2 is 0.701 bits per heavy atom. The molecule has 0 spiro atoms. The van der Waals surface area contributed by atoms with Crippen LogP contribution in [0.2, 0.25) is 0 Å². The molecule has 310 valence electrons. The fourth-order valence-corrected chi connectivity index (χ4v) is 11.2. The van der Waals surface area contributed by atoms with Crippen LogP contribution in [0, 0.1) is 0 Å². The Bertz CT molecular complexity index is 4180. The van der Waals surface area contributed by atoms with Crippen LogP contribution in [0.15, 0.2) is 247 Å². The van der Waals surface area contributed by atoms with E-state index in [4.69, 9.17) is 4.42 Å². The van der Waals surface area contributed by atoms with E-state index in [0.29, 0.717) is 0 Å². The molecule has 0 aliphatic heterocycles. The smallest absolute Gasteiger partial charge is 0.135 e. The summed E-state index contributed by atoms with van der Waals surface area (Å²) in [6.07, 6.45) is 0. The van der Waals surface area contributed by atoms with E-state index in [1.165, 1.54) is 109 Å². The van der Waals surface area contributed by atoms with Crippen LogP contribution in [0.5, 0.6) is 0 Å². The van der Waals surface area contributed by atoms with Gasteiger partial charge in [-0.1, -0.05) is 218 Å². The van der Waals surface area contributed by atoms with Gasteiger partial charge in [-0.15, -0.1) is 0 Å². The van der Waals surface area contributed by atoms with Gasteiger partial charge >= 0.3 is 0 Å². The van der Waals surface area contributed by atoms with Crippen molar-refractivity contribution in [1.29, 1.82) is 0 Å². The van der Waals surface area contributed by atoms with Crippen molar-refractivity contribution in [2.45, 2.75) is 0 Å². The number of hydrogen-bond acceptors (Lipinski definition) is 1. The number of furan rings is 1. The minimum atomic E-state index is 0.896. The average Bonchev–Trinajstić information content (AvgIpc) is 3.78. The van der Waals surface area contributed by atoms with E-state index in [-0.39, 0.29) is 0 Å². The summed E-state index contributed by atoms with van der Waals surface area (Å²) in [6.45, 7) is 0. The van der Waals surface area contributed by atoms with Gasteiger partial charge in [0.25, 0.3) is 0 Å². The van der Waals surface area contributed by atoms with Gasteiger partial charge in [0.05, 0.1) is 0 Å². The van der Waals surface area contributed by atoms with Gasteiger partial charge in [0.2, 0.25) is 0 Å². The van der Waals surface area contributed by atoms with Crippen molar-refractivity contribution < 1.29 is 4.42 Å². The van der Waals surface area contributed by atoms with Crippen molar-refractivity contribution in [2.24, 2.45) is 0 Å². The highest BCUT2D eigenvalue weighted by Gasteiger charge is 2.21. The zero-order valence-electron chi connectivity index (χ0n) is 36.5. The van der Waals surface area contributed by atoms with Gasteiger partial charge in [-0.05, 0) is 145 Å². The SMILES string of the molecule is c1ccc(-c2cccc(-c3cccc(-c4ccc5oc6ccccc6c5c4)c3-c3ccc(-c4c5ccccc5c(-c5ccc6ccc7cccc8ccc5c6c78)c5ccccc45)cc3)c2)cc1. The summed E-state index contributed by atoms with van der Waals surface area (Å²) in [5.41, 5.74) is 16.2. The second-order valence-electron chi connectivity index (χ2n) is 17.9. The Morgan fingerprint density at radius 1 is 0.209 bits per heavy atom. The second-order valence-corrected chi connectivity index (χ2v) is 17.9. The summed E-state index contributed by atoms with van der Waals surface area (Å²) in [6, 6.07) is 89.2. The third-order valence-electron chi connectivity index (χ3n) is 14.2. The maximum Gasteiger partial charge on any atom is 0.135 e. The number of rotatable bonds is 6. The summed E-state index contributed by atoms with van der Waals surface area (Å²) in [5, 5.41) is 15.1. The monoisotopic (exact) mass is 848 g/mol. The van der Waals surface area contributed by atoms with E-state index >= 15 is 0 Å². The predicted octanol–water partition coefficient (Wildman–Crippen LogP) is 18.8. The summed E-state index contributed by atoms with van der Waals surface area (Å²) >= 11 is 0. The topological polar surface area (TPSA) is 13.1 Å². The molecule has 0 atom stereocenters. The van der Waals surface area contributed by atoms with Gasteiger partial charge in [0, 0.05) is 10.8 Å². The summed E-state index contributed by atoms with van der Waals surface area (Å²) < 4.78 is 6.30. The van der Waals surface area contributed by atoms with Gasteiger partial charge in [0.1, 0.15) is 11.2 Å². The van der Waals surface area contributed by atoms with E-state index in [1.54, 1.807) is 0 Å². The number of benzene rings is 13. The third-order valence-corrected chi connectivity index (χ3v) is 14.2. The fourth-order valence-electron chi connectivity index (χ4n) is 11.2. The van der Waals surface area contributed by atoms with Crippen LogP contribution in [-0.2, 0) is 0 Å². The highest BCUT2D eigenvalue weighted by atomic mass is 16.3. The number of fused-ring (bicyclic) bond motifs is 5. The van der Waals surface area contributed by atoms with Crippen molar-refractivity contribution in [3.8, 4) is 66.8 Å². The Morgan fingerprint density at radius 3 is 1.42 bits per heavy atom. The van der Waals surface area contributed by atoms with E-state index in [0.717, 1.165) is 33.1 Å². The minimum absolute atomic E-state index is 0.896. The normalized spacial score (nSPS) is 11.9. The van der Waals surface area contributed by atoms with E-state index in [9.17, 15) is 0 Å². The molecule has 0 bridgehead atoms. The van der Waals surface area contributed by atoms with Crippen LogP contribution in [0.1, 0.15) is 0 Å². The molecule has 0 radical (unpaired) electrons. The molecular formula is C66H40O. The van der Waals surface area contributed by atoms with Crippen molar-refractivity contribution in [1.82, 2.24) is 0 Å². The van der Waals surface area contributed by atoms with Crippen LogP contribution in [0.3, 0.4) is 0 Å². The molecule has 0 saturated heterocycles. The average molecular weight is 849 g/mol. The standard InChI is InChI=1S/C66H40O/c1-2-13-41(14-3-1)47-17-11-18-48(39-47)50-24-12-25-51(49-35-38-61-59(40-49)52-19-8-9-26-60(52)67-61)63(50)44-28-30-45(31-29-44)64-53-20-4-6-22-55(53)66(56-23-7-5-21-54(56)64)58-37-34-46-32-27-42-15-10-16-43-33-36-57(58)65(46)62(42)43/h1-40H. The molecule has 14 aromatic rings. The number of hydrogen-bond donors (Lipinski definition) is 0. The first-order valence-electron chi connectivity index (χ1n) is 23.2. The van der Waals surface area contributed by atoms with Crippen LogP contribution >= 0.6 is 0 Å². The second kappa shape index (κ2) is 14.9. The van der Waals surface area contributed by atoms with E-state index < -0.39 is 0 Å². The van der Waals surface area contributed by atoms with E-state index in [2.05, 4.69) is 237 Å². The first-order valence-corrected chi connectivity index (χ1v) is 23.2. The molecule has 14 rings (SSSR count). The fraction of sp³-hybridized carbons (Fsp3) is 0. The number of para-hydroxylation sites is 1. The first-order chi connectivity index (χ1) is 33.2. The highest BCUT2D eigenvalue weighted by Crippen LogP contribution is 2.49. The Hall–Kier alpha value is -8.78. The lowest BCUT2D eigenvalue weighted by Crippen LogP contribution is -1.93. The molecule has 0 aliphatic rings. The molecule has 67 heavy (non-hydrogen) atoms. The predicted molar refractivity (Wildman–Crippen MR) is 285 cm³/mol. The summed E-state index contributed by atoms with van der Waals surface area (Å²) in [7, 11) is 0. The molecule has 13 aromatic carbocycles. The van der Waals surface area contributed by atoms with Gasteiger partial charge in [0.15, 0.2) is 0 Å². The Labute approximate surface area is 387 Å². The van der Waals surface area contributed by atoms with Crippen molar-refractivity contribution in [3.05, 3.63) is 243 Å². The van der Waals surface area contributed by atoms with Crippen LogP contribution in [0.25, 0.3) is 143 Å². The Kier molecular flexibility index (Phi) is 8.35. The van der Waals surface area contributed by atoms with Crippen molar-refractivity contribution in [2.75, 3.05) is 0 Å². The highest BCUT2D eigenvalue weighted by molar-refractivity contribution is 6.29. The molecule has 1 aromatic heterocycles. The lowest BCUT2D eigenvalue weighted by atomic mass is 9.83. The molecule has 0 fully saturated rings. The van der Waals surface area contributed by atoms with Gasteiger partial charge < -0.3 is 4.42 Å². The quantitative estimate of drug-likeness (QED) is 0.120. The van der Waals surface area contributed by atoms with Gasteiger partial charge in [-0.3, -0.25) is 0 Å². The van der Waals surface area contributed by atoms with Crippen LogP contribution in [0.4, 0.5) is 0 Å². The van der Waals surface area contributed by atoms with E-state index in [1.807, 2.05) is 6.07 Å². The molecule has 1 nitrogen and oxygen atoms in total. The largest absolute Gasteiger partial charge is 0.456 e. The maximum absolute atomic E-state index is 6.30. The lowest BCUT2D eigenvalue weighted by molar-refractivity contribution is 0.669. The summed E-state index contributed by atoms with van der Waals surface area (Å²) in [5.74, 6) is 0. The zero-order chi connectivity index (χ0) is 44.0. The van der Waals surface area contributed by atoms with Gasteiger partial charge in [-0.2, -0.15) is 0 Å².